The Hall–Kier alpha value is -2.38. The van der Waals surface area contributed by atoms with E-state index in [9.17, 15) is 9.59 Å². The number of carbonyl (C=O) groups is 2. The number of amides is 3. The van der Waals surface area contributed by atoms with Gasteiger partial charge in [-0.25, -0.2) is 4.79 Å². The summed E-state index contributed by atoms with van der Waals surface area (Å²) in [6.45, 7) is 5.04. The first-order chi connectivity index (χ1) is 11.2. The molecule has 4 rings (SSSR count). The molecule has 0 unspecified atom stereocenters. The van der Waals surface area contributed by atoms with Crippen LogP contribution in [0.3, 0.4) is 0 Å². The van der Waals surface area contributed by atoms with Crippen molar-refractivity contribution >= 4 is 22.9 Å². The Morgan fingerprint density at radius 2 is 2.00 bits per heavy atom. The van der Waals surface area contributed by atoms with E-state index < -0.39 is 12.1 Å². The first kappa shape index (κ1) is 14.2. The molecule has 7 heteroatoms. The zero-order valence-electron chi connectivity index (χ0n) is 12.6. The summed E-state index contributed by atoms with van der Waals surface area (Å²) in [7, 11) is 0. The van der Waals surface area contributed by atoms with Crippen molar-refractivity contribution in [3.8, 4) is 0 Å². The summed E-state index contributed by atoms with van der Waals surface area (Å²) in [6, 6.07) is 6.65. The maximum Gasteiger partial charge on any atom is 0.322 e. The Morgan fingerprint density at radius 3 is 2.74 bits per heavy atom. The minimum atomic E-state index is -0.744. The normalized spacial score (nSPS) is 22.3. The third-order valence-corrected chi connectivity index (χ3v) is 4.27. The highest BCUT2D eigenvalue weighted by atomic mass is 16.3. The molecule has 23 heavy (non-hydrogen) atoms. The number of urea groups is 1. The molecule has 7 nitrogen and oxygen atoms in total. The van der Waals surface area contributed by atoms with E-state index in [4.69, 9.17) is 4.42 Å². The molecule has 2 aliphatic rings. The number of nitrogens with zero attached hydrogens (tertiary/aromatic N) is 1. The molecule has 1 aromatic heterocycles. The van der Waals surface area contributed by atoms with Crippen LogP contribution >= 0.6 is 0 Å². The highest BCUT2D eigenvalue weighted by molar-refractivity contribution is 6.04. The minimum Gasteiger partial charge on any atom is -0.458 e. The number of rotatable bonds is 3. The van der Waals surface area contributed by atoms with E-state index in [0.29, 0.717) is 5.76 Å². The molecule has 3 N–H and O–H groups in total. The maximum absolute atomic E-state index is 11.7. The van der Waals surface area contributed by atoms with Gasteiger partial charge in [0.05, 0.1) is 0 Å². The van der Waals surface area contributed by atoms with Crippen LogP contribution in [-0.4, -0.2) is 43.0 Å². The second-order valence-corrected chi connectivity index (χ2v) is 5.94. The van der Waals surface area contributed by atoms with Gasteiger partial charge in [-0.05, 0) is 23.8 Å². The predicted octanol–water partition coefficient (Wildman–Crippen LogP) is 0.718. The van der Waals surface area contributed by atoms with Crippen molar-refractivity contribution < 1.29 is 14.0 Å². The number of fused-ring (bicyclic) bond motifs is 1. The summed E-state index contributed by atoms with van der Waals surface area (Å²) in [5.41, 5.74) is 1.93. The number of benzene rings is 1. The summed E-state index contributed by atoms with van der Waals surface area (Å²) in [6.07, 6.45) is 0. The van der Waals surface area contributed by atoms with E-state index >= 15 is 0 Å². The largest absolute Gasteiger partial charge is 0.458 e. The molecule has 1 aromatic carbocycles. The number of carbonyl (C=O) groups excluding carboxylic acids is 2. The summed E-state index contributed by atoms with van der Waals surface area (Å²) >= 11 is 0. The number of hydrogen-bond acceptors (Lipinski definition) is 5. The standard InChI is InChI=1S/C16H18N4O3/c21-15-14(18-16(22)19-15)13-8-11-7-10(1-2-12(11)23-13)9-20-5-3-17-4-6-20/h1-2,7-8,14,17H,3-6,9H2,(H2,18,19,21,22)/t14-/m0/s1. The smallest absolute Gasteiger partial charge is 0.322 e. The molecule has 1 atom stereocenters. The van der Waals surface area contributed by atoms with Gasteiger partial charge in [0.2, 0.25) is 0 Å². The fraction of sp³-hybridized carbons (Fsp3) is 0.375. The van der Waals surface area contributed by atoms with E-state index in [2.05, 4.69) is 26.9 Å². The Morgan fingerprint density at radius 1 is 1.17 bits per heavy atom. The third kappa shape index (κ3) is 2.80. The Kier molecular flexibility index (Phi) is 3.51. The number of hydrogen-bond donors (Lipinski definition) is 3. The average molecular weight is 314 g/mol. The van der Waals surface area contributed by atoms with Crippen molar-refractivity contribution in [2.24, 2.45) is 0 Å². The van der Waals surface area contributed by atoms with Crippen LogP contribution in [0.25, 0.3) is 11.0 Å². The van der Waals surface area contributed by atoms with Crippen LogP contribution in [0.1, 0.15) is 17.4 Å². The van der Waals surface area contributed by atoms with Crippen LogP contribution in [0.2, 0.25) is 0 Å². The zero-order valence-corrected chi connectivity index (χ0v) is 12.6. The van der Waals surface area contributed by atoms with Gasteiger partial charge in [-0.3, -0.25) is 15.0 Å². The molecular weight excluding hydrogens is 296 g/mol. The molecule has 3 amide bonds. The molecule has 2 aromatic rings. The number of furan rings is 1. The van der Waals surface area contributed by atoms with Crippen LogP contribution in [0.5, 0.6) is 0 Å². The molecule has 0 aliphatic carbocycles. The van der Waals surface area contributed by atoms with Crippen LogP contribution in [0.15, 0.2) is 28.7 Å². The van der Waals surface area contributed by atoms with Crippen molar-refractivity contribution in [3.63, 3.8) is 0 Å². The lowest BCUT2D eigenvalue weighted by molar-refractivity contribution is -0.120. The van der Waals surface area contributed by atoms with Crippen molar-refractivity contribution in [1.82, 2.24) is 20.9 Å². The highest BCUT2D eigenvalue weighted by Crippen LogP contribution is 2.26. The van der Waals surface area contributed by atoms with Gasteiger partial charge in [0.1, 0.15) is 11.3 Å². The summed E-state index contributed by atoms with van der Waals surface area (Å²) in [5, 5.41) is 9.06. The first-order valence-corrected chi connectivity index (χ1v) is 7.76. The molecular formula is C16H18N4O3. The van der Waals surface area contributed by atoms with E-state index in [-0.39, 0.29) is 5.91 Å². The first-order valence-electron chi connectivity index (χ1n) is 7.76. The lowest BCUT2D eigenvalue weighted by atomic mass is 10.1. The molecule has 2 aliphatic heterocycles. The molecule has 2 fully saturated rings. The van der Waals surface area contributed by atoms with Gasteiger partial charge in [0, 0.05) is 38.1 Å². The lowest BCUT2D eigenvalue weighted by Crippen LogP contribution is -2.42. The van der Waals surface area contributed by atoms with Gasteiger partial charge in [0.25, 0.3) is 5.91 Å². The SMILES string of the molecule is O=C1NC(=O)[C@H](c2cc3cc(CN4CCNCC4)ccc3o2)N1. The molecule has 2 saturated heterocycles. The second kappa shape index (κ2) is 5.68. The van der Waals surface area contributed by atoms with Gasteiger partial charge in [-0.1, -0.05) is 6.07 Å². The van der Waals surface area contributed by atoms with E-state index in [0.717, 1.165) is 43.7 Å². The van der Waals surface area contributed by atoms with Gasteiger partial charge in [-0.2, -0.15) is 0 Å². The van der Waals surface area contributed by atoms with Gasteiger partial charge < -0.3 is 15.1 Å². The fourth-order valence-electron chi connectivity index (χ4n) is 3.10. The third-order valence-electron chi connectivity index (χ3n) is 4.27. The Bertz CT molecular complexity index is 764. The van der Waals surface area contributed by atoms with Gasteiger partial charge in [-0.15, -0.1) is 0 Å². The van der Waals surface area contributed by atoms with Crippen molar-refractivity contribution in [2.45, 2.75) is 12.6 Å². The average Bonchev–Trinajstić information content (AvgIpc) is 3.10. The molecule has 0 radical (unpaired) electrons. The second-order valence-electron chi connectivity index (χ2n) is 5.94. The van der Waals surface area contributed by atoms with Crippen LogP contribution in [-0.2, 0) is 11.3 Å². The number of nitrogens with one attached hydrogen (secondary N) is 3. The van der Waals surface area contributed by atoms with Crippen LogP contribution in [0, 0.1) is 0 Å². The topological polar surface area (TPSA) is 86.6 Å². The van der Waals surface area contributed by atoms with E-state index in [1.54, 1.807) is 0 Å². The predicted molar refractivity (Wildman–Crippen MR) is 83.8 cm³/mol. The molecule has 3 heterocycles. The Balaban J connectivity index is 1.57. The fourth-order valence-corrected chi connectivity index (χ4v) is 3.10. The maximum atomic E-state index is 11.7. The highest BCUT2D eigenvalue weighted by Gasteiger charge is 2.33. The van der Waals surface area contributed by atoms with Gasteiger partial charge >= 0.3 is 6.03 Å². The van der Waals surface area contributed by atoms with E-state index in [1.165, 1.54) is 5.56 Å². The van der Waals surface area contributed by atoms with Crippen molar-refractivity contribution in [2.75, 3.05) is 26.2 Å². The zero-order chi connectivity index (χ0) is 15.8. The van der Waals surface area contributed by atoms with Crippen LogP contribution < -0.4 is 16.0 Å². The van der Waals surface area contributed by atoms with Gasteiger partial charge in [0.15, 0.2) is 6.04 Å². The Labute approximate surface area is 133 Å². The molecule has 0 spiro atoms. The minimum absolute atomic E-state index is 0.380. The summed E-state index contributed by atoms with van der Waals surface area (Å²) in [4.78, 5) is 25.4. The quantitative estimate of drug-likeness (QED) is 0.727. The summed E-state index contributed by atoms with van der Waals surface area (Å²) in [5.74, 6) is 0.0813. The number of piperazine rings is 1. The molecule has 0 saturated carbocycles. The monoisotopic (exact) mass is 314 g/mol. The van der Waals surface area contributed by atoms with Crippen molar-refractivity contribution in [1.29, 1.82) is 0 Å². The van der Waals surface area contributed by atoms with Crippen LogP contribution in [0.4, 0.5) is 4.79 Å². The summed E-state index contributed by atoms with van der Waals surface area (Å²) < 4.78 is 5.72. The molecule has 0 bridgehead atoms. The lowest BCUT2D eigenvalue weighted by Gasteiger charge is -2.27. The van der Waals surface area contributed by atoms with E-state index in [1.807, 2.05) is 18.2 Å². The van der Waals surface area contributed by atoms with Crippen molar-refractivity contribution in [3.05, 3.63) is 35.6 Å². The molecule has 120 valence electrons. The number of imide groups is 1.